The lowest BCUT2D eigenvalue weighted by Crippen LogP contribution is -2.32. The van der Waals surface area contributed by atoms with Crippen LogP contribution in [0.15, 0.2) is 24.3 Å². The minimum absolute atomic E-state index is 0. The highest BCUT2D eigenvalue weighted by atomic mass is 35.5. The Morgan fingerprint density at radius 1 is 1.23 bits per heavy atom. The highest BCUT2D eigenvalue weighted by molar-refractivity contribution is 5.94. The van der Waals surface area contributed by atoms with Gasteiger partial charge in [0.2, 0.25) is 0 Å². The predicted molar refractivity (Wildman–Crippen MR) is 85.3 cm³/mol. The fourth-order valence-corrected chi connectivity index (χ4v) is 3.36. The SMILES string of the molecule is Cl.O=C(c1cccc([N+](=O)[O-])c1)N1CC[C@@H]2CNC[C@@H]2CC1. The largest absolute Gasteiger partial charge is 0.339 e. The van der Waals surface area contributed by atoms with Crippen LogP contribution in [0, 0.1) is 22.0 Å². The molecule has 0 bridgehead atoms. The second kappa shape index (κ2) is 7.07. The lowest BCUT2D eigenvalue weighted by atomic mass is 9.92. The molecule has 2 aliphatic heterocycles. The van der Waals surface area contributed by atoms with Crippen LogP contribution in [0.3, 0.4) is 0 Å². The molecule has 0 aromatic heterocycles. The van der Waals surface area contributed by atoms with E-state index in [0.29, 0.717) is 17.4 Å². The molecule has 22 heavy (non-hydrogen) atoms. The van der Waals surface area contributed by atoms with E-state index in [-0.39, 0.29) is 24.0 Å². The summed E-state index contributed by atoms with van der Waals surface area (Å²) in [7, 11) is 0. The molecule has 0 aliphatic carbocycles. The Morgan fingerprint density at radius 2 is 1.86 bits per heavy atom. The fourth-order valence-electron chi connectivity index (χ4n) is 3.36. The fraction of sp³-hybridized carbons (Fsp3) is 0.533. The summed E-state index contributed by atoms with van der Waals surface area (Å²) in [4.78, 5) is 24.7. The van der Waals surface area contributed by atoms with Gasteiger partial charge in [0.15, 0.2) is 0 Å². The van der Waals surface area contributed by atoms with Crippen LogP contribution in [0.1, 0.15) is 23.2 Å². The number of nitro benzene ring substituents is 1. The summed E-state index contributed by atoms with van der Waals surface area (Å²) in [5, 5.41) is 14.2. The number of carbonyl (C=O) groups excluding carboxylic acids is 1. The van der Waals surface area contributed by atoms with E-state index in [4.69, 9.17) is 0 Å². The van der Waals surface area contributed by atoms with Gasteiger partial charge in [0.05, 0.1) is 4.92 Å². The van der Waals surface area contributed by atoms with Gasteiger partial charge in [-0.1, -0.05) is 6.07 Å². The second-order valence-electron chi connectivity index (χ2n) is 5.86. The number of fused-ring (bicyclic) bond motifs is 1. The molecule has 3 rings (SSSR count). The summed E-state index contributed by atoms with van der Waals surface area (Å²) in [6.07, 6.45) is 2.02. The molecular formula is C15H20ClN3O3. The molecule has 1 N–H and O–H groups in total. The smallest absolute Gasteiger partial charge is 0.270 e. The van der Waals surface area contributed by atoms with Gasteiger partial charge in [-0.25, -0.2) is 0 Å². The molecule has 0 radical (unpaired) electrons. The van der Waals surface area contributed by atoms with Gasteiger partial charge >= 0.3 is 0 Å². The number of nitro groups is 1. The molecule has 0 saturated carbocycles. The number of hydrogen-bond donors (Lipinski definition) is 1. The van der Waals surface area contributed by atoms with Crippen molar-refractivity contribution in [3.8, 4) is 0 Å². The molecule has 7 heteroatoms. The summed E-state index contributed by atoms with van der Waals surface area (Å²) in [6.45, 7) is 3.57. The van der Waals surface area contributed by atoms with Crippen LogP contribution in [0.4, 0.5) is 5.69 Å². The first-order chi connectivity index (χ1) is 10.1. The summed E-state index contributed by atoms with van der Waals surface area (Å²) < 4.78 is 0. The summed E-state index contributed by atoms with van der Waals surface area (Å²) in [5.41, 5.74) is 0.381. The van der Waals surface area contributed by atoms with E-state index < -0.39 is 4.92 Å². The van der Waals surface area contributed by atoms with Gasteiger partial charge in [0.1, 0.15) is 0 Å². The normalized spacial score (nSPS) is 24.1. The van der Waals surface area contributed by atoms with Gasteiger partial charge in [-0.05, 0) is 43.8 Å². The number of benzene rings is 1. The number of hydrogen-bond acceptors (Lipinski definition) is 4. The van der Waals surface area contributed by atoms with Crippen LogP contribution in [0.2, 0.25) is 0 Å². The zero-order valence-electron chi connectivity index (χ0n) is 12.2. The minimum Gasteiger partial charge on any atom is -0.339 e. The molecule has 1 amide bonds. The molecule has 2 saturated heterocycles. The van der Waals surface area contributed by atoms with Crippen molar-refractivity contribution >= 4 is 24.0 Å². The van der Waals surface area contributed by atoms with Gasteiger partial charge in [-0.3, -0.25) is 14.9 Å². The van der Waals surface area contributed by atoms with Crippen molar-refractivity contribution in [2.45, 2.75) is 12.8 Å². The van der Waals surface area contributed by atoms with Crippen molar-refractivity contribution in [3.05, 3.63) is 39.9 Å². The van der Waals surface area contributed by atoms with E-state index in [9.17, 15) is 14.9 Å². The van der Waals surface area contributed by atoms with Crippen molar-refractivity contribution in [2.24, 2.45) is 11.8 Å². The zero-order chi connectivity index (χ0) is 14.8. The Hall–Kier alpha value is -1.66. The van der Waals surface area contributed by atoms with Gasteiger partial charge in [0.25, 0.3) is 11.6 Å². The van der Waals surface area contributed by atoms with E-state index >= 15 is 0 Å². The number of rotatable bonds is 2. The number of amides is 1. The van der Waals surface area contributed by atoms with E-state index in [1.54, 1.807) is 12.1 Å². The molecular weight excluding hydrogens is 306 g/mol. The van der Waals surface area contributed by atoms with Crippen molar-refractivity contribution in [1.82, 2.24) is 10.2 Å². The Balaban J connectivity index is 0.00000176. The van der Waals surface area contributed by atoms with E-state index in [0.717, 1.165) is 39.0 Å². The zero-order valence-corrected chi connectivity index (χ0v) is 13.1. The molecule has 2 fully saturated rings. The minimum atomic E-state index is -0.463. The van der Waals surface area contributed by atoms with Crippen molar-refractivity contribution in [2.75, 3.05) is 26.2 Å². The third-order valence-corrected chi connectivity index (χ3v) is 4.61. The van der Waals surface area contributed by atoms with Crippen molar-refractivity contribution < 1.29 is 9.72 Å². The maximum atomic E-state index is 12.5. The van der Waals surface area contributed by atoms with Gasteiger partial charge in [-0.2, -0.15) is 0 Å². The van der Waals surface area contributed by atoms with Crippen LogP contribution in [0.25, 0.3) is 0 Å². The Bertz CT molecular complexity index is 553. The van der Waals surface area contributed by atoms with Crippen LogP contribution in [0.5, 0.6) is 0 Å². The summed E-state index contributed by atoms with van der Waals surface area (Å²) in [5.74, 6) is 1.23. The van der Waals surface area contributed by atoms with E-state index in [2.05, 4.69) is 5.32 Å². The van der Waals surface area contributed by atoms with Crippen LogP contribution >= 0.6 is 12.4 Å². The lowest BCUT2D eigenvalue weighted by molar-refractivity contribution is -0.384. The number of likely N-dealkylation sites (tertiary alicyclic amines) is 1. The number of nitrogens with zero attached hydrogens (tertiary/aromatic N) is 2. The number of non-ortho nitro benzene ring substituents is 1. The monoisotopic (exact) mass is 325 g/mol. The van der Waals surface area contributed by atoms with Crippen molar-refractivity contribution in [3.63, 3.8) is 0 Å². The first-order valence-electron chi connectivity index (χ1n) is 7.39. The van der Waals surface area contributed by atoms with Crippen LogP contribution in [-0.4, -0.2) is 41.9 Å². The third-order valence-electron chi connectivity index (χ3n) is 4.61. The Labute approximate surface area is 135 Å². The molecule has 0 spiro atoms. The number of halogens is 1. The average molecular weight is 326 g/mol. The van der Waals surface area contributed by atoms with E-state index in [1.807, 2.05) is 4.90 Å². The summed E-state index contributed by atoms with van der Waals surface area (Å²) >= 11 is 0. The molecule has 0 unspecified atom stereocenters. The molecule has 2 aliphatic rings. The Kier molecular flexibility index (Phi) is 5.37. The van der Waals surface area contributed by atoms with Gasteiger partial charge in [-0.15, -0.1) is 12.4 Å². The second-order valence-corrected chi connectivity index (χ2v) is 5.86. The number of carbonyl (C=O) groups is 1. The molecule has 2 heterocycles. The maximum Gasteiger partial charge on any atom is 0.270 e. The molecule has 1 aromatic carbocycles. The first-order valence-corrected chi connectivity index (χ1v) is 7.39. The number of nitrogens with one attached hydrogen (secondary N) is 1. The lowest BCUT2D eigenvalue weighted by Gasteiger charge is -2.20. The molecule has 6 nitrogen and oxygen atoms in total. The molecule has 1 aromatic rings. The third kappa shape index (κ3) is 3.39. The summed E-state index contributed by atoms with van der Waals surface area (Å²) in [6, 6.07) is 6.01. The highest BCUT2D eigenvalue weighted by Crippen LogP contribution is 2.28. The maximum absolute atomic E-state index is 12.5. The predicted octanol–water partition coefficient (Wildman–Crippen LogP) is 2.09. The van der Waals surface area contributed by atoms with E-state index in [1.165, 1.54) is 12.1 Å². The van der Waals surface area contributed by atoms with Crippen LogP contribution in [-0.2, 0) is 0 Å². The standard InChI is InChI=1S/C15H19N3O3.ClH/c19-15(11-2-1-3-14(8-11)18(20)21)17-6-4-12-9-16-10-13(12)5-7-17;/h1-3,8,12-13,16H,4-7,9-10H2;1H/t12-,13+;. The van der Waals surface area contributed by atoms with Crippen molar-refractivity contribution in [1.29, 1.82) is 0 Å². The van der Waals surface area contributed by atoms with Crippen LogP contribution < -0.4 is 5.32 Å². The highest BCUT2D eigenvalue weighted by Gasteiger charge is 2.31. The quantitative estimate of drug-likeness (QED) is 0.667. The van der Waals surface area contributed by atoms with Gasteiger partial charge in [0, 0.05) is 30.8 Å². The molecule has 2 atom stereocenters. The average Bonchev–Trinajstić information content (AvgIpc) is 2.85. The van der Waals surface area contributed by atoms with Gasteiger partial charge < -0.3 is 10.2 Å². The molecule has 120 valence electrons. The first kappa shape index (κ1) is 16.7. The topological polar surface area (TPSA) is 75.5 Å². The Morgan fingerprint density at radius 3 is 2.45 bits per heavy atom.